The summed E-state index contributed by atoms with van der Waals surface area (Å²) in [6, 6.07) is 0. The van der Waals surface area contributed by atoms with Crippen LogP contribution in [0.5, 0.6) is 0 Å². The van der Waals surface area contributed by atoms with E-state index in [0.717, 1.165) is 5.70 Å². The minimum atomic E-state index is 1.02. The maximum absolute atomic E-state index is 3.98. The van der Waals surface area contributed by atoms with Crippen molar-refractivity contribution in [2.24, 2.45) is 4.99 Å². The quantitative estimate of drug-likeness (QED) is 0.482. The van der Waals surface area contributed by atoms with Gasteiger partial charge < -0.3 is 0 Å². The summed E-state index contributed by atoms with van der Waals surface area (Å²) < 4.78 is 0. The highest BCUT2D eigenvalue weighted by molar-refractivity contribution is 5.71. The van der Waals surface area contributed by atoms with Crippen LogP contribution in [0.15, 0.2) is 29.4 Å². The Morgan fingerprint density at radius 1 is 1.62 bits per heavy atom. The van der Waals surface area contributed by atoms with Crippen LogP contribution in [0.3, 0.4) is 0 Å². The van der Waals surface area contributed by atoms with E-state index < -0.39 is 0 Å². The number of allylic oxidation sites excluding steroid dienone is 3. The molecular weight excluding hydrogens is 98.1 g/mol. The lowest BCUT2D eigenvalue weighted by Crippen LogP contribution is -1.66. The number of nitrogens with zero attached hydrogens (tertiary/aromatic N) is 1. The van der Waals surface area contributed by atoms with E-state index in [4.69, 9.17) is 0 Å². The van der Waals surface area contributed by atoms with Crippen LogP contribution in [0.25, 0.3) is 0 Å². The third-order valence-electron chi connectivity index (χ3n) is 0.801. The Morgan fingerprint density at radius 3 is 2.62 bits per heavy atom. The third-order valence-corrected chi connectivity index (χ3v) is 0.801. The largest absolute Gasteiger partial charge is 0.262 e. The molecule has 0 aromatic carbocycles. The minimum Gasteiger partial charge on any atom is -0.262 e. The molecule has 0 saturated carbocycles. The molecule has 1 heteroatoms. The molecule has 0 atom stereocenters. The van der Waals surface area contributed by atoms with Gasteiger partial charge in [-0.25, -0.2) is 0 Å². The standard InChI is InChI=1S/C7H11N/c1-4-6-8-7(3)5-2/h4-6H,1H2,2-3H3/b7-5-,8-6-. The van der Waals surface area contributed by atoms with Crippen LogP contribution in [-0.2, 0) is 0 Å². The van der Waals surface area contributed by atoms with E-state index in [2.05, 4.69) is 11.6 Å². The first-order chi connectivity index (χ1) is 3.81. The second-order valence-electron chi connectivity index (χ2n) is 1.44. The Hall–Kier alpha value is -0.850. The zero-order chi connectivity index (χ0) is 6.41. The van der Waals surface area contributed by atoms with Crippen molar-refractivity contribution in [3.63, 3.8) is 0 Å². The highest BCUT2D eigenvalue weighted by Gasteiger charge is 1.71. The average Bonchev–Trinajstić information content (AvgIpc) is 1.83. The summed E-state index contributed by atoms with van der Waals surface area (Å²) >= 11 is 0. The van der Waals surface area contributed by atoms with E-state index in [9.17, 15) is 0 Å². The lowest BCUT2D eigenvalue weighted by Gasteiger charge is -1.82. The molecule has 0 aliphatic rings. The van der Waals surface area contributed by atoms with Crippen LogP contribution < -0.4 is 0 Å². The molecule has 0 unspecified atom stereocenters. The van der Waals surface area contributed by atoms with Crippen molar-refractivity contribution >= 4 is 6.21 Å². The van der Waals surface area contributed by atoms with Gasteiger partial charge in [0.2, 0.25) is 0 Å². The number of aliphatic imine (C=N–C) groups is 1. The van der Waals surface area contributed by atoms with Crippen molar-refractivity contribution in [3.05, 3.63) is 24.4 Å². The van der Waals surface area contributed by atoms with E-state index in [1.165, 1.54) is 0 Å². The van der Waals surface area contributed by atoms with Crippen LogP contribution in [-0.4, -0.2) is 6.21 Å². The van der Waals surface area contributed by atoms with E-state index in [1.807, 2.05) is 19.9 Å². The Bertz CT molecular complexity index is 120. The Kier molecular flexibility index (Phi) is 3.85. The highest BCUT2D eigenvalue weighted by Crippen LogP contribution is 1.89. The Balaban J connectivity index is 3.69. The lowest BCUT2D eigenvalue weighted by molar-refractivity contribution is 1.30. The summed E-state index contributed by atoms with van der Waals surface area (Å²) in [5.74, 6) is 0. The fourth-order valence-electron chi connectivity index (χ4n) is 0.245. The molecule has 0 aromatic heterocycles. The molecule has 0 amide bonds. The first-order valence-corrected chi connectivity index (χ1v) is 2.59. The molecule has 0 bridgehead atoms. The normalized spacial score (nSPS) is 12.5. The molecule has 0 aliphatic heterocycles. The summed E-state index contributed by atoms with van der Waals surface area (Å²) in [5.41, 5.74) is 1.02. The molecule has 0 aliphatic carbocycles. The molecular formula is C7H11N. The van der Waals surface area contributed by atoms with Gasteiger partial charge >= 0.3 is 0 Å². The van der Waals surface area contributed by atoms with Gasteiger partial charge in [-0.1, -0.05) is 18.7 Å². The summed E-state index contributed by atoms with van der Waals surface area (Å²) in [5, 5.41) is 0. The van der Waals surface area contributed by atoms with Crippen LogP contribution in [0.4, 0.5) is 0 Å². The van der Waals surface area contributed by atoms with Gasteiger partial charge in [-0.2, -0.15) is 0 Å². The fourth-order valence-corrected chi connectivity index (χ4v) is 0.245. The minimum absolute atomic E-state index is 1.02. The summed E-state index contributed by atoms with van der Waals surface area (Å²) in [6.07, 6.45) is 5.28. The topological polar surface area (TPSA) is 12.4 Å². The van der Waals surface area contributed by atoms with Gasteiger partial charge in [-0.05, 0) is 13.8 Å². The molecule has 0 heterocycles. The van der Waals surface area contributed by atoms with Gasteiger partial charge in [0.25, 0.3) is 0 Å². The second-order valence-corrected chi connectivity index (χ2v) is 1.44. The molecule has 0 fully saturated rings. The molecule has 0 rings (SSSR count). The summed E-state index contributed by atoms with van der Waals surface area (Å²) in [7, 11) is 0. The van der Waals surface area contributed by atoms with E-state index in [-0.39, 0.29) is 0 Å². The molecule has 0 radical (unpaired) electrons. The highest BCUT2D eigenvalue weighted by atomic mass is 14.7. The smallest absolute Gasteiger partial charge is 0.0330 e. The van der Waals surface area contributed by atoms with Crippen LogP contribution in [0.2, 0.25) is 0 Å². The molecule has 0 aromatic rings. The maximum Gasteiger partial charge on any atom is 0.0330 e. The van der Waals surface area contributed by atoms with E-state index >= 15 is 0 Å². The molecule has 44 valence electrons. The summed E-state index contributed by atoms with van der Waals surface area (Å²) in [4.78, 5) is 3.98. The molecule has 0 spiro atoms. The van der Waals surface area contributed by atoms with Gasteiger partial charge in [-0.15, -0.1) is 0 Å². The third kappa shape index (κ3) is 3.34. The van der Waals surface area contributed by atoms with Crippen molar-refractivity contribution in [2.45, 2.75) is 13.8 Å². The van der Waals surface area contributed by atoms with Gasteiger partial charge in [0.15, 0.2) is 0 Å². The van der Waals surface area contributed by atoms with Gasteiger partial charge in [0, 0.05) is 11.9 Å². The van der Waals surface area contributed by atoms with Gasteiger partial charge in [0.05, 0.1) is 0 Å². The van der Waals surface area contributed by atoms with Crippen molar-refractivity contribution in [1.29, 1.82) is 0 Å². The Labute approximate surface area is 50.4 Å². The van der Waals surface area contributed by atoms with Gasteiger partial charge in [-0.3, -0.25) is 4.99 Å². The average molecular weight is 109 g/mol. The first kappa shape index (κ1) is 7.15. The lowest BCUT2D eigenvalue weighted by atomic mass is 10.5. The number of rotatable bonds is 2. The summed E-state index contributed by atoms with van der Waals surface area (Å²) in [6.45, 7) is 7.39. The van der Waals surface area contributed by atoms with Gasteiger partial charge in [0.1, 0.15) is 0 Å². The SMILES string of the molecule is C=C/C=N\C(C)=C/C. The molecule has 0 N–H and O–H groups in total. The second kappa shape index (κ2) is 4.31. The predicted octanol–water partition coefficient (Wildman–Crippen LogP) is 2.17. The zero-order valence-corrected chi connectivity index (χ0v) is 5.39. The van der Waals surface area contributed by atoms with Crippen molar-refractivity contribution in [3.8, 4) is 0 Å². The predicted molar refractivity (Wildman–Crippen MR) is 38.1 cm³/mol. The fraction of sp³-hybridized carbons (Fsp3) is 0.286. The van der Waals surface area contributed by atoms with Crippen molar-refractivity contribution in [2.75, 3.05) is 0 Å². The monoisotopic (exact) mass is 109 g/mol. The van der Waals surface area contributed by atoms with Crippen molar-refractivity contribution in [1.82, 2.24) is 0 Å². The molecule has 0 saturated heterocycles. The molecule has 8 heavy (non-hydrogen) atoms. The maximum atomic E-state index is 3.98. The van der Waals surface area contributed by atoms with E-state index in [1.54, 1.807) is 12.3 Å². The molecule has 1 nitrogen and oxygen atoms in total. The number of hydrogen-bond donors (Lipinski definition) is 0. The zero-order valence-electron chi connectivity index (χ0n) is 5.39. The van der Waals surface area contributed by atoms with Crippen LogP contribution in [0, 0.1) is 0 Å². The Morgan fingerprint density at radius 2 is 2.25 bits per heavy atom. The van der Waals surface area contributed by atoms with Crippen LogP contribution in [0.1, 0.15) is 13.8 Å². The van der Waals surface area contributed by atoms with Crippen molar-refractivity contribution < 1.29 is 0 Å². The van der Waals surface area contributed by atoms with Crippen LogP contribution >= 0.6 is 0 Å². The first-order valence-electron chi connectivity index (χ1n) is 2.59. The van der Waals surface area contributed by atoms with E-state index in [0.29, 0.717) is 0 Å². The number of hydrogen-bond acceptors (Lipinski definition) is 1.